The summed E-state index contributed by atoms with van der Waals surface area (Å²) in [6, 6.07) is 1.67. The van der Waals surface area contributed by atoms with Crippen molar-refractivity contribution in [2.45, 2.75) is 122 Å². The molecule has 3 heterocycles. The quantitative estimate of drug-likeness (QED) is 0.610. The van der Waals surface area contributed by atoms with Gasteiger partial charge in [0.15, 0.2) is 0 Å². The van der Waals surface area contributed by atoms with Crippen LogP contribution in [0, 0.1) is 11.8 Å². The number of hydrogen-bond donors (Lipinski definition) is 0. The second-order valence-electron chi connectivity index (χ2n) is 11.4. The van der Waals surface area contributed by atoms with Crippen molar-refractivity contribution >= 4 is 18.1 Å². The van der Waals surface area contributed by atoms with E-state index in [2.05, 4.69) is 9.88 Å². The molecule has 0 amide bonds. The van der Waals surface area contributed by atoms with Crippen LogP contribution in [0.4, 0.5) is 0 Å². The summed E-state index contributed by atoms with van der Waals surface area (Å²) in [6.07, 6.45) is 19.0. The fraction of sp³-hybridized carbons (Fsp3) is 0.759. The summed E-state index contributed by atoms with van der Waals surface area (Å²) in [5, 5.41) is 1.16. The number of esters is 1. The average Bonchev–Trinajstić information content (AvgIpc) is 2.99. The number of rotatable bonds is 4. The zero-order valence-electron chi connectivity index (χ0n) is 21.9. The lowest BCUT2D eigenvalue weighted by atomic mass is 9.78. The molecular weight excluding hydrogens is 438 g/mol. The highest BCUT2D eigenvalue weighted by molar-refractivity contribution is 5.85. The van der Waals surface area contributed by atoms with Crippen molar-refractivity contribution in [1.82, 2.24) is 14.5 Å². The van der Waals surface area contributed by atoms with Crippen molar-refractivity contribution in [3.05, 3.63) is 26.7 Å². The van der Waals surface area contributed by atoms with Crippen LogP contribution < -0.4 is 16.1 Å². The molecule has 0 spiro atoms. The van der Waals surface area contributed by atoms with Crippen LogP contribution in [0.15, 0.2) is 4.79 Å². The Morgan fingerprint density at radius 2 is 1.57 bits per heavy atom. The molecule has 0 radical (unpaired) electrons. The lowest BCUT2D eigenvalue weighted by Gasteiger charge is -2.53. The number of ether oxygens (including phenoxy) is 1. The average molecular weight is 482 g/mol. The highest BCUT2D eigenvalue weighted by Crippen LogP contribution is 2.45. The van der Waals surface area contributed by atoms with E-state index in [4.69, 9.17) is 4.74 Å². The maximum atomic E-state index is 13.7. The standard InChI is InChI=1S/C29H43N3O3/c1-4-25-26(5-2)30-27(29(34)35-6-3)32(28(25)33)24-17-21-11-8-12-22(18-24)31(21)23-14-13-19-9-7-10-20(15-19)16-23/h4-5,19-24H,6-18H2,1-3H3. The summed E-state index contributed by atoms with van der Waals surface area (Å²) in [5.41, 5.74) is -0.0987. The molecule has 5 atom stereocenters. The number of piperidine rings is 2. The molecule has 5 unspecified atom stereocenters. The van der Waals surface area contributed by atoms with E-state index in [-0.39, 0.29) is 24.0 Å². The smallest absolute Gasteiger partial charge is 0.374 e. The van der Waals surface area contributed by atoms with Crippen molar-refractivity contribution in [2.24, 2.45) is 11.8 Å². The Labute approximate surface area is 209 Å². The Hall–Kier alpha value is -1.95. The summed E-state index contributed by atoms with van der Waals surface area (Å²) in [5.74, 6) is 1.54. The molecule has 2 saturated carbocycles. The summed E-state index contributed by atoms with van der Waals surface area (Å²) in [6.45, 7) is 5.80. The molecule has 4 bridgehead atoms. The van der Waals surface area contributed by atoms with Crippen LogP contribution in [0.2, 0.25) is 0 Å². The minimum Gasteiger partial charge on any atom is -0.460 e. The van der Waals surface area contributed by atoms with Crippen LogP contribution >= 0.6 is 0 Å². The molecule has 2 saturated heterocycles. The molecule has 192 valence electrons. The lowest BCUT2D eigenvalue weighted by molar-refractivity contribution is -0.0268. The Kier molecular flexibility index (Phi) is 7.47. The molecule has 1 aromatic rings. The monoisotopic (exact) mass is 481 g/mol. The summed E-state index contributed by atoms with van der Waals surface area (Å²) < 4.78 is 7.07. The normalized spacial score (nSPS) is 34.5. The van der Waals surface area contributed by atoms with E-state index >= 15 is 0 Å². The highest BCUT2D eigenvalue weighted by Gasteiger charge is 2.44. The molecule has 4 aliphatic rings. The number of carbonyl (C=O) groups excluding carboxylic acids is 1. The predicted molar refractivity (Wildman–Crippen MR) is 139 cm³/mol. The molecule has 35 heavy (non-hydrogen) atoms. The highest BCUT2D eigenvalue weighted by atomic mass is 16.5. The van der Waals surface area contributed by atoms with Gasteiger partial charge in [0.1, 0.15) is 0 Å². The van der Waals surface area contributed by atoms with Gasteiger partial charge in [-0.2, -0.15) is 0 Å². The van der Waals surface area contributed by atoms with Gasteiger partial charge in [-0.1, -0.05) is 37.8 Å². The number of nitrogens with zero attached hydrogens (tertiary/aromatic N) is 3. The molecule has 1 aromatic heterocycles. The van der Waals surface area contributed by atoms with E-state index in [1.54, 1.807) is 11.5 Å². The number of fused-ring (bicyclic) bond motifs is 4. The zero-order chi connectivity index (χ0) is 24.5. The van der Waals surface area contributed by atoms with Crippen LogP contribution in [0.25, 0.3) is 12.2 Å². The van der Waals surface area contributed by atoms with Gasteiger partial charge in [0, 0.05) is 24.2 Å². The maximum absolute atomic E-state index is 13.7. The van der Waals surface area contributed by atoms with Gasteiger partial charge in [0.05, 0.1) is 17.2 Å². The topological polar surface area (TPSA) is 64.4 Å². The lowest BCUT2D eigenvalue weighted by Crippen LogP contribution is -2.59. The molecule has 2 aliphatic heterocycles. The van der Waals surface area contributed by atoms with E-state index in [0.29, 0.717) is 28.7 Å². The minimum atomic E-state index is -0.487. The van der Waals surface area contributed by atoms with Gasteiger partial charge in [0.25, 0.3) is 5.56 Å². The molecule has 2 aliphatic carbocycles. The van der Waals surface area contributed by atoms with Crippen molar-refractivity contribution in [1.29, 1.82) is 0 Å². The van der Waals surface area contributed by atoms with E-state index in [1.165, 1.54) is 64.2 Å². The van der Waals surface area contributed by atoms with Crippen molar-refractivity contribution < 1.29 is 9.53 Å². The number of hydrogen-bond acceptors (Lipinski definition) is 5. The molecular formula is C29H43N3O3. The Morgan fingerprint density at radius 3 is 2.26 bits per heavy atom. The van der Waals surface area contributed by atoms with E-state index in [1.807, 2.05) is 26.0 Å². The third-order valence-electron chi connectivity index (χ3n) is 9.40. The van der Waals surface area contributed by atoms with Gasteiger partial charge in [-0.15, -0.1) is 0 Å². The van der Waals surface area contributed by atoms with Crippen LogP contribution in [-0.4, -0.2) is 45.2 Å². The van der Waals surface area contributed by atoms with Gasteiger partial charge in [-0.3, -0.25) is 14.3 Å². The fourth-order valence-electron chi connectivity index (χ4n) is 8.01. The Bertz CT molecular complexity index is 1100. The van der Waals surface area contributed by atoms with Gasteiger partial charge < -0.3 is 4.74 Å². The van der Waals surface area contributed by atoms with Crippen LogP contribution in [0.5, 0.6) is 0 Å². The second-order valence-corrected chi connectivity index (χ2v) is 11.4. The maximum Gasteiger partial charge on any atom is 0.374 e. The molecule has 0 N–H and O–H groups in total. The molecule has 6 heteroatoms. The third-order valence-corrected chi connectivity index (χ3v) is 9.40. The number of carbonyl (C=O) groups is 1. The first-order chi connectivity index (χ1) is 17.0. The van der Waals surface area contributed by atoms with E-state index in [0.717, 1.165) is 24.7 Å². The summed E-state index contributed by atoms with van der Waals surface area (Å²) >= 11 is 0. The van der Waals surface area contributed by atoms with Crippen molar-refractivity contribution in [3.8, 4) is 0 Å². The fourth-order valence-corrected chi connectivity index (χ4v) is 8.01. The van der Waals surface area contributed by atoms with Crippen LogP contribution in [0.3, 0.4) is 0 Å². The van der Waals surface area contributed by atoms with E-state index in [9.17, 15) is 9.59 Å². The second kappa shape index (κ2) is 10.6. The number of aromatic nitrogens is 2. The molecule has 5 rings (SSSR count). The minimum absolute atomic E-state index is 0.00410. The van der Waals surface area contributed by atoms with Gasteiger partial charge in [-0.05, 0) is 84.0 Å². The molecule has 6 nitrogen and oxygen atoms in total. The van der Waals surface area contributed by atoms with E-state index < -0.39 is 5.97 Å². The largest absolute Gasteiger partial charge is 0.460 e. The SMILES string of the molecule is CC=c1nc(C(=O)OCC)n(C2CC3CCCC(C2)N3C2CCC3CCCC(C3)C2)c(=O)c1=CC. The third kappa shape index (κ3) is 4.75. The predicted octanol–water partition coefficient (Wildman–Crippen LogP) is 3.94. The molecule has 4 fully saturated rings. The summed E-state index contributed by atoms with van der Waals surface area (Å²) in [7, 11) is 0. The summed E-state index contributed by atoms with van der Waals surface area (Å²) in [4.78, 5) is 34.2. The van der Waals surface area contributed by atoms with Crippen molar-refractivity contribution in [3.63, 3.8) is 0 Å². The first-order valence-electron chi connectivity index (χ1n) is 14.2. The van der Waals surface area contributed by atoms with Gasteiger partial charge >= 0.3 is 5.97 Å². The Balaban J connectivity index is 1.48. The van der Waals surface area contributed by atoms with Gasteiger partial charge in [-0.25, -0.2) is 9.78 Å². The first-order valence-corrected chi connectivity index (χ1v) is 14.2. The Morgan fingerprint density at radius 1 is 0.886 bits per heavy atom. The van der Waals surface area contributed by atoms with Gasteiger partial charge in [0.2, 0.25) is 5.82 Å². The first kappa shape index (κ1) is 24.7. The van der Waals surface area contributed by atoms with Crippen LogP contribution in [0.1, 0.15) is 114 Å². The van der Waals surface area contributed by atoms with Crippen LogP contribution in [-0.2, 0) is 4.74 Å². The molecule has 0 aromatic carbocycles. The van der Waals surface area contributed by atoms with Crippen molar-refractivity contribution in [2.75, 3.05) is 6.61 Å². The zero-order valence-corrected chi connectivity index (χ0v) is 21.9.